The molecule has 0 bridgehead atoms. The molecule has 2 heterocycles. The topological polar surface area (TPSA) is 123 Å². The molecule has 1 aromatic heterocycles. The normalized spacial score (nSPS) is 13.9. The second kappa shape index (κ2) is 10.1. The van der Waals surface area contributed by atoms with Crippen LogP contribution in [0.3, 0.4) is 0 Å². The van der Waals surface area contributed by atoms with Crippen molar-refractivity contribution in [3.8, 4) is 0 Å². The first-order valence-corrected chi connectivity index (χ1v) is 10.3. The molecule has 0 saturated carbocycles. The number of carbonyl (C=O) groups excluding carboxylic acids is 1. The lowest BCUT2D eigenvalue weighted by Gasteiger charge is -2.22. The summed E-state index contributed by atoms with van der Waals surface area (Å²) >= 11 is 6.03. The van der Waals surface area contributed by atoms with Crippen molar-refractivity contribution >= 4 is 52.7 Å². The van der Waals surface area contributed by atoms with E-state index >= 15 is 0 Å². The number of fused-ring (bicyclic) bond motifs is 1. The first kappa shape index (κ1) is 22.3. The van der Waals surface area contributed by atoms with Crippen LogP contribution in [0.25, 0.3) is 11.1 Å². The molecule has 3 aromatic rings. The number of benzene rings is 2. The molecule has 1 aliphatic rings. The molecule has 1 fully saturated rings. The molecule has 4 rings (SSSR count). The van der Waals surface area contributed by atoms with Gasteiger partial charge in [-0.05, 0) is 43.7 Å². The minimum absolute atomic E-state index is 0.0256. The average Bonchev–Trinajstić information content (AvgIpc) is 3.02. The van der Waals surface area contributed by atoms with Crippen molar-refractivity contribution in [2.75, 3.05) is 36.8 Å². The number of nitrogens with one attached hydrogen (secondary N) is 2. The number of aryl methyl sites for hydroxylation is 1. The molecule has 31 heavy (non-hydrogen) atoms. The van der Waals surface area contributed by atoms with Crippen LogP contribution in [0, 0.1) is 17.7 Å². The van der Waals surface area contributed by atoms with Gasteiger partial charge in [-0.1, -0.05) is 23.2 Å². The number of oxazole rings is 1. The highest BCUT2D eigenvalue weighted by atomic mass is 35.5. The van der Waals surface area contributed by atoms with E-state index in [1.807, 2.05) is 30.0 Å². The Hall–Kier alpha value is -3.39. The Labute approximate surface area is 185 Å². The van der Waals surface area contributed by atoms with E-state index in [4.69, 9.17) is 32.6 Å². The summed E-state index contributed by atoms with van der Waals surface area (Å²) in [4.78, 5) is 21.4. The molecule has 4 N–H and O–H groups in total. The highest BCUT2D eigenvalue weighted by Crippen LogP contribution is 2.26. The van der Waals surface area contributed by atoms with Crippen LogP contribution in [0.15, 0.2) is 40.8 Å². The molecule has 0 atom stereocenters. The van der Waals surface area contributed by atoms with Gasteiger partial charge in [0.25, 0.3) is 11.9 Å². The molecule has 162 valence electrons. The average molecular weight is 441 g/mol. The van der Waals surface area contributed by atoms with Crippen LogP contribution in [0.2, 0.25) is 5.02 Å². The first-order chi connectivity index (χ1) is 14.9. The molecule has 0 unspecified atom stereocenters. The van der Waals surface area contributed by atoms with Gasteiger partial charge in [-0.25, -0.2) is 0 Å². The number of carbonyl (C=O) groups is 1. The molecular weight excluding hydrogens is 416 g/mol. The zero-order chi connectivity index (χ0) is 22.4. The van der Waals surface area contributed by atoms with Gasteiger partial charge in [-0.3, -0.25) is 4.79 Å². The largest absolute Gasteiger partial charge is 0.423 e. The fourth-order valence-corrected chi connectivity index (χ4v) is 3.53. The number of nitrogens with two attached hydrogens (primary N) is 1. The molecule has 9 heteroatoms. The van der Waals surface area contributed by atoms with Gasteiger partial charge in [0.15, 0.2) is 5.58 Å². The predicted molar refractivity (Wildman–Crippen MR) is 125 cm³/mol. The lowest BCUT2D eigenvalue weighted by Crippen LogP contribution is -2.35. The number of rotatable bonds is 3. The van der Waals surface area contributed by atoms with Gasteiger partial charge in [0, 0.05) is 49.3 Å². The quantitative estimate of drug-likeness (QED) is 0.419. The number of hydrogen-bond acceptors (Lipinski definition) is 7. The van der Waals surface area contributed by atoms with Crippen LogP contribution >= 0.6 is 11.6 Å². The summed E-state index contributed by atoms with van der Waals surface area (Å²) in [5.41, 5.74) is 9.57. The maximum absolute atomic E-state index is 12.9. The van der Waals surface area contributed by atoms with Crippen molar-refractivity contribution in [1.29, 1.82) is 10.8 Å². The number of nitrogen functional groups attached to an aromatic ring is 1. The van der Waals surface area contributed by atoms with Crippen LogP contribution in [0.4, 0.5) is 11.7 Å². The Bertz CT molecular complexity index is 1090. The van der Waals surface area contributed by atoms with Gasteiger partial charge in [-0.15, -0.1) is 0 Å². The summed E-state index contributed by atoms with van der Waals surface area (Å²) in [5.74, 6) is -0.0256. The lowest BCUT2D eigenvalue weighted by molar-refractivity contribution is 0.0768. The van der Waals surface area contributed by atoms with E-state index in [1.165, 1.54) is 0 Å². The monoisotopic (exact) mass is 440 g/mol. The molecule has 0 aliphatic carbocycles. The number of amides is 1. The Morgan fingerprint density at radius 3 is 2.65 bits per heavy atom. The van der Waals surface area contributed by atoms with Crippen molar-refractivity contribution < 1.29 is 9.21 Å². The highest BCUT2D eigenvalue weighted by Gasteiger charge is 2.24. The number of nitrogens with zero attached hydrogens (tertiary/aromatic N) is 3. The minimum Gasteiger partial charge on any atom is -0.423 e. The van der Waals surface area contributed by atoms with Crippen molar-refractivity contribution in [3.63, 3.8) is 0 Å². The van der Waals surface area contributed by atoms with Gasteiger partial charge in [-0.2, -0.15) is 4.98 Å². The Morgan fingerprint density at radius 1 is 1.13 bits per heavy atom. The Balaban J connectivity index is 0.000000628. The van der Waals surface area contributed by atoms with Crippen molar-refractivity contribution in [1.82, 2.24) is 9.88 Å². The van der Waals surface area contributed by atoms with Gasteiger partial charge in [0.2, 0.25) is 0 Å². The molecule has 1 aliphatic heterocycles. The smallest absolute Gasteiger partial charge is 0.298 e. The van der Waals surface area contributed by atoms with E-state index < -0.39 is 0 Å². The second-order valence-corrected chi connectivity index (χ2v) is 7.60. The summed E-state index contributed by atoms with van der Waals surface area (Å²) in [6.07, 6.45) is 2.66. The third-order valence-corrected chi connectivity index (χ3v) is 5.15. The Morgan fingerprint density at radius 2 is 1.90 bits per heavy atom. The van der Waals surface area contributed by atoms with Crippen LogP contribution in [0.1, 0.15) is 22.3 Å². The van der Waals surface area contributed by atoms with Gasteiger partial charge < -0.3 is 30.8 Å². The van der Waals surface area contributed by atoms with E-state index in [0.29, 0.717) is 47.5 Å². The van der Waals surface area contributed by atoms with E-state index in [1.54, 1.807) is 18.2 Å². The zero-order valence-electron chi connectivity index (χ0n) is 17.3. The highest BCUT2D eigenvalue weighted by molar-refractivity contribution is 6.31. The summed E-state index contributed by atoms with van der Waals surface area (Å²) < 4.78 is 5.87. The van der Waals surface area contributed by atoms with Crippen molar-refractivity contribution in [2.45, 2.75) is 13.3 Å². The lowest BCUT2D eigenvalue weighted by atomic mass is 10.1. The van der Waals surface area contributed by atoms with Crippen LogP contribution in [-0.4, -0.2) is 54.4 Å². The SMILES string of the molecule is Cc1ccc(N)c(C(=O)N2CCCN(c3nc4cc(Cl)ccc4o3)CC2)c1.N=CC=N. The zero-order valence-corrected chi connectivity index (χ0v) is 18.0. The number of hydrogen-bond donors (Lipinski definition) is 3. The molecule has 1 saturated heterocycles. The molecule has 0 spiro atoms. The molecule has 2 aromatic carbocycles. The molecule has 0 radical (unpaired) electrons. The molecule has 1 amide bonds. The van der Waals surface area contributed by atoms with Crippen molar-refractivity contribution in [3.05, 3.63) is 52.5 Å². The first-order valence-electron chi connectivity index (χ1n) is 9.89. The number of halogens is 1. The van der Waals surface area contributed by atoms with Gasteiger partial charge in [0.1, 0.15) is 5.52 Å². The fourth-order valence-electron chi connectivity index (χ4n) is 3.36. The van der Waals surface area contributed by atoms with E-state index in [9.17, 15) is 4.79 Å². The van der Waals surface area contributed by atoms with Gasteiger partial charge >= 0.3 is 0 Å². The van der Waals surface area contributed by atoms with E-state index in [0.717, 1.165) is 36.5 Å². The van der Waals surface area contributed by atoms with Crippen LogP contribution in [-0.2, 0) is 0 Å². The van der Waals surface area contributed by atoms with E-state index in [2.05, 4.69) is 9.88 Å². The third-order valence-electron chi connectivity index (χ3n) is 4.91. The standard InChI is InChI=1S/C20H21ClN4O2.C2H4N2/c1-13-3-5-16(22)15(11-13)19(26)24-7-2-8-25(10-9-24)20-23-17-12-14(21)4-6-18(17)27-20;3-1-2-4/h3-6,11-12H,2,7-10,22H2,1H3;1-4H. The third kappa shape index (κ3) is 5.40. The summed E-state index contributed by atoms with van der Waals surface area (Å²) in [5, 5.41) is 12.8. The van der Waals surface area contributed by atoms with Crippen LogP contribution in [0.5, 0.6) is 0 Å². The molecular formula is C22H25ClN6O2. The summed E-state index contributed by atoms with van der Waals surface area (Å²) in [6, 6.07) is 11.5. The molecule has 8 nitrogen and oxygen atoms in total. The number of anilines is 2. The van der Waals surface area contributed by atoms with Crippen molar-refractivity contribution in [2.24, 2.45) is 0 Å². The summed E-state index contributed by atoms with van der Waals surface area (Å²) in [6.45, 7) is 4.64. The fraction of sp³-hybridized carbons (Fsp3) is 0.273. The van der Waals surface area contributed by atoms with Gasteiger partial charge in [0.05, 0.1) is 5.56 Å². The van der Waals surface area contributed by atoms with Crippen LogP contribution < -0.4 is 10.6 Å². The summed E-state index contributed by atoms with van der Waals surface area (Å²) in [7, 11) is 0. The predicted octanol–water partition coefficient (Wildman–Crippen LogP) is 4.01. The maximum Gasteiger partial charge on any atom is 0.298 e. The Kier molecular flexibility index (Phi) is 7.25. The maximum atomic E-state index is 12.9. The van der Waals surface area contributed by atoms with E-state index in [-0.39, 0.29) is 5.91 Å². The number of aromatic nitrogens is 1. The minimum atomic E-state index is -0.0256. The second-order valence-electron chi connectivity index (χ2n) is 7.17.